The Morgan fingerprint density at radius 2 is 2.09 bits per heavy atom. The first-order valence-electron chi connectivity index (χ1n) is 6.47. The Labute approximate surface area is 139 Å². The Morgan fingerprint density at radius 1 is 1.32 bits per heavy atom. The lowest BCUT2D eigenvalue weighted by Crippen LogP contribution is -2.06. The van der Waals surface area contributed by atoms with E-state index in [9.17, 15) is 4.79 Å². The molecule has 0 amide bonds. The van der Waals surface area contributed by atoms with Crippen molar-refractivity contribution < 1.29 is 9.90 Å². The first-order chi connectivity index (χ1) is 10.5. The van der Waals surface area contributed by atoms with Crippen LogP contribution in [0, 0.1) is 6.92 Å². The summed E-state index contributed by atoms with van der Waals surface area (Å²) in [5.41, 5.74) is 2.11. The summed E-state index contributed by atoms with van der Waals surface area (Å²) in [6, 6.07) is 8.76. The number of imidazole rings is 1. The molecule has 0 aliphatic heterocycles. The van der Waals surface area contributed by atoms with Crippen molar-refractivity contribution in [3.63, 3.8) is 0 Å². The number of carboxylic acids is 1. The minimum absolute atomic E-state index is 0.00412. The van der Waals surface area contributed by atoms with Crippen molar-refractivity contribution >= 4 is 44.7 Å². The summed E-state index contributed by atoms with van der Waals surface area (Å²) in [5, 5.41) is 9.72. The molecule has 0 aliphatic carbocycles. The van der Waals surface area contributed by atoms with E-state index in [1.807, 2.05) is 29.7 Å². The zero-order valence-electron chi connectivity index (χ0n) is 11.5. The summed E-state index contributed by atoms with van der Waals surface area (Å²) in [6.45, 7) is 2.33. The Morgan fingerprint density at radius 3 is 2.77 bits per heavy atom. The smallest absolute Gasteiger partial charge is 0.354 e. The minimum atomic E-state index is -1.06. The molecule has 3 aromatic rings. The zero-order valence-corrected chi connectivity index (χ0v) is 13.9. The average Bonchev–Trinajstić information content (AvgIpc) is 2.77. The van der Waals surface area contributed by atoms with E-state index >= 15 is 0 Å². The first-order valence-corrected chi connectivity index (χ1v) is 7.64. The van der Waals surface area contributed by atoms with Gasteiger partial charge in [-0.05, 0) is 36.8 Å². The summed E-state index contributed by atoms with van der Waals surface area (Å²) in [4.78, 5) is 19.7. The monoisotopic (exact) mass is 379 g/mol. The van der Waals surface area contributed by atoms with Crippen LogP contribution in [0.25, 0.3) is 11.2 Å². The number of aryl methyl sites for hydroxylation is 1. The van der Waals surface area contributed by atoms with Gasteiger partial charge in [-0.2, -0.15) is 0 Å². The Bertz CT molecular complexity index is 892. The molecule has 1 aromatic carbocycles. The van der Waals surface area contributed by atoms with Gasteiger partial charge in [0.15, 0.2) is 11.3 Å². The SMILES string of the molecule is Cc1nc2ccc(C(=O)O)nc2n1Cc1ccc(Br)cc1Cl. The van der Waals surface area contributed by atoms with Crippen LogP contribution in [0.1, 0.15) is 21.9 Å². The maximum absolute atomic E-state index is 11.1. The molecular formula is C15H11BrClN3O2. The highest BCUT2D eigenvalue weighted by Crippen LogP contribution is 2.24. The number of carbonyl (C=O) groups is 1. The summed E-state index contributed by atoms with van der Waals surface area (Å²) >= 11 is 9.63. The van der Waals surface area contributed by atoms with Crippen LogP contribution in [0.2, 0.25) is 5.02 Å². The summed E-state index contributed by atoms with van der Waals surface area (Å²) < 4.78 is 2.76. The standard InChI is InChI=1S/C15H11BrClN3O2/c1-8-18-12-4-5-13(15(21)22)19-14(12)20(8)7-9-2-3-10(16)6-11(9)17/h2-6H,7H2,1H3,(H,21,22). The van der Waals surface area contributed by atoms with Crippen LogP contribution in [-0.4, -0.2) is 25.6 Å². The highest BCUT2D eigenvalue weighted by molar-refractivity contribution is 9.10. The predicted octanol–water partition coefficient (Wildman–Crippen LogP) is 3.90. The fourth-order valence-corrected chi connectivity index (χ4v) is 2.98. The molecule has 0 saturated carbocycles. The topological polar surface area (TPSA) is 68.0 Å². The lowest BCUT2D eigenvalue weighted by atomic mass is 10.2. The van der Waals surface area contributed by atoms with Gasteiger partial charge in [-0.3, -0.25) is 0 Å². The van der Waals surface area contributed by atoms with E-state index in [0.29, 0.717) is 22.7 Å². The molecule has 0 bridgehead atoms. The van der Waals surface area contributed by atoms with Gasteiger partial charge in [-0.25, -0.2) is 14.8 Å². The average molecular weight is 381 g/mol. The molecule has 2 heterocycles. The Kier molecular flexibility index (Phi) is 3.88. The number of aromatic nitrogens is 3. The number of benzene rings is 1. The predicted molar refractivity (Wildman–Crippen MR) is 87.5 cm³/mol. The highest BCUT2D eigenvalue weighted by Gasteiger charge is 2.14. The second-order valence-corrected chi connectivity index (χ2v) is 6.15. The number of hydrogen-bond donors (Lipinski definition) is 1. The molecular weight excluding hydrogens is 370 g/mol. The molecule has 0 radical (unpaired) electrons. The van der Waals surface area contributed by atoms with Crippen molar-refractivity contribution in [3.8, 4) is 0 Å². The third-order valence-corrected chi connectivity index (χ3v) is 4.19. The zero-order chi connectivity index (χ0) is 15.9. The van der Waals surface area contributed by atoms with Crippen LogP contribution in [0.5, 0.6) is 0 Å². The highest BCUT2D eigenvalue weighted by atomic mass is 79.9. The molecule has 0 saturated heterocycles. The number of aromatic carboxylic acids is 1. The maximum atomic E-state index is 11.1. The molecule has 2 aromatic heterocycles. The van der Waals surface area contributed by atoms with Crippen molar-refractivity contribution in [2.75, 3.05) is 0 Å². The lowest BCUT2D eigenvalue weighted by molar-refractivity contribution is 0.0691. The van der Waals surface area contributed by atoms with Gasteiger partial charge in [0.25, 0.3) is 0 Å². The van der Waals surface area contributed by atoms with Crippen LogP contribution < -0.4 is 0 Å². The molecule has 0 atom stereocenters. The van der Waals surface area contributed by atoms with Crippen molar-refractivity contribution in [1.82, 2.24) is 14.5 Å². The van der Waals surface area contributed by atoms with E-state index in [0.717, 1.165) is 15.9 Å². The van der Waals surface area contributed by atoms with Gasteiger partial charge in [-0.15, -0.1) is 0 Å². The molecule has 22 heavy (non-hydrogen) atoms. The van der Waals surface area contributed by atoms with Crippen LogP contribution in [0.15, 0.2) is 34.8 Å². The Hall–Kier alpha value is -1.92. The van der Waals surface area contributed by atoms with Crippen molar-refractivity contribution in [2.24, 2.45) is 0 Å². The number of carboxylic acid groups (broad SMARTS) is 1. The van der Waals surface area contributed by atoms with Crippen LogP contribution >= 0.6 is 27.5 Å². The van der Waals surface area contributed by atoms with E-state index in [2.05, 4.69) is 25.9 Å². The number of fused-ring (bicyclic) bond motifs is 1. The second-order valence-electron chi connectivity index (χ2n) is 4.83. The van der Waals surface area contributed by atoms with Crippen LogP contribution in [0.4, 0.5) is 0 Å². The fraction of sp³-hybridized carbons (Fsp3) is 0.133. The molecule has 112 valence electrons. The van der Waals surface area contributed by atoms with Gasteiger partial charge in [0.2, 0.25) is 0 Å². The number of nitrogens with zero attached hydrogens (tertiary/aromatic N) is 3. The normalized spacial score (nSPS) is 11.0. The number of halogens is 2. The molecule has 0 unspecified atom stereocenters. The number of hydrogen-bond acceptors (Lipinski definition) is 3. The number of pyridine rings is 1. The van der Waals surface area contributed by atoms with Crippen LogP contribution in [0.3, 0.4) is 0 Å². The van der Waals surface area contributed by atoms with Crippen molar-refractivity contribution in [1.29, 1.82) is 0 Å². The third-order valence-electron chi connectivity index (χ3n) is 3.35. The van der Waals surface area contributed by atoms with Crippen molar-refractivity contribution in [3.05, 3.63) is 56.9 Å². The molecule has 0 aliphatic rings. The first kappa shape index (κ1) is 15.0. The van der Waals surface area contributed by atoms with Gasteiger partial charge >= 0.3 is 5.97 Å². The van der Waals surface area contributed by atoms with Gasteiger partial charge in [0.1, 0.15) is 11.3 Å². The molecule has 3 rings (SSSR count). The maximum Gasteiger partial charge on any atom is 0.354 e. The quantitative estimate of drug-likeness (QED) is 0.748. The molecule has 1 N–H and O–H groups in total. The van der Waals surface area contributed by atoms with Gasteiger partial charge in [0.05, 0.1) is 6.54 Å². The number of rotatable bonds is 3. The Balaban J connectivity index is 2.11. The van der Waals surface area contributed by atoms with Gasteiger partial charge in [-0.1, -0.05) is 33.6 Å². The second kappa shape index (κ2) is 5.70. The van der Waals surface area contributed by atoms with Gasteiger partial charge < -0.3 is 9.67 Å². The van der Waals surface area contributed by atoms with E-state index in [1.54, 1.807) is 6.07 Å². The molecule has 5 nitrogen and oxygen atoms in total. The molecule has 0 spiro atoms. The van der Waals surface area contributed by atoms with E-state index in [-0.39, 0.29) is 5.69 Å². The third kappa shape index (κ3) is 2.71. The van der Waals surface area contributed by atoms with E-state index in [4.69, 9.17) is 16.7 Å². The minimum Gasteiger partial charge on any atom is -0.477 e. The summed E-state index contributed by atoms with van der Waals surface area (Å²) in [5.74, 6) is -0.307. The van der Waals surface area contributed by atoms with E-state index in [1.165, 1.54) is 6.07 Å². The van der Waals surface area contributed by atoms with E-state index < -0.39 is 5.97 Å². The summed E-state index contributed by atoms with van der Waals surface area (Å²) in [7, 11) is 0. The molecule has 0 fully saturated rings. The van der Waals surface area contributed by atoms with Gasteiger partial charge in [0, 0.05) is 9.50 Å². The largest absolute Gasteiger partial charge is 0.477 e. The fourth-order valence-electron chi connectivity index (χ4n) is 2.24. The lowest BCUT2D eigenvalue weighted by Gasteiger charge is -2.09. The molecule has 7 heteroatoms. The van der Waals surface area contributed by atoms with Crippen LogP contribution in [-0.2, 0) is 6.54 Å². The van der Waals surface area contributed by atoms with Crippen molar-refractivity contribution in [2.45, 2.75) is 13.5 Å². The summed E-state index contributed by atoms with van der Waals surface area (Å²) in [6.07, 6.45) is 0.